The van der Waals surface area contributed by atoms with Crippen molar-refractivity contribution in [1.29, 1.82) is 0 Å². The van der Waals surface area contributed by atoms with Crippen LogP contribution in [0.2, 0.25) is 0 Å². The molecule has 0 aliphatic rings. The minimum Gasteiger partial charge on any atom is -0.467 e. The summed E-state index contributed by atoms with van der Waals surface area (Å²) in [4.78, 5) is 15.1. The highest BCUT2D eigenvalue weighted by atomic mass is 16.5. The third kappa shape index (κ3) is 3.17. The first-order chi connectivity index (χ1) is 10.4. The van der Waals surface area contributed by atoms with Gasteiger partial charge in [-0.15, -0.1) is 0 Å². The van der Waals surface area contributed by atoms with Crippen LogP contribution in [0.1, 0.15) is 5.76 Å². The largest absolute Gasteiger partial charge is 0.467 e. The lowest BCUT2D eigenvalue weighted by Crippen LogP contribution is -2.27. The van der Waals surface area contributed by atoms with Gasteiger partial charge in [-0.3, -0.25) is 4.98 Å². The average Bonchev–Trinajstić information content (AvgIpc) is 3.04. The molecule has 0 saturated carbocycles. The maximum Gasteiger partial charge on any atom is 0.180 e. The standard InChI is InChI=1S/C15H16N4O2/c1-20-10-8-19(11-12-3-2-9-21-12)14-5-4-13-15(18-14)17-7-6-16-13/h2-7,9H,8,10-11H2,1H3. The molecule has 0 saturated heterocycles. The third-order valence-electron chi connectivity index (χ3n) is 3.13. The molecule has 0 aliphatic heterocycles. The predicted octanol–water partition coefficient (Wildman–Crippen LogP) is 2.27. The number of furan rings is 1. The van der Waals surface area contributed by atoms with Gasteiger partial charge in [0.1, 0.15) is 17.1 Å². The number of ether oxygens (including phenoxy) is 1. The molecular weight excluding hydrogens is 268 g/mol. The Labute approximate surface area is 122 Å². The molecule has 3 rings (SSSR count). The number of fused-ring (bicyclic) bond motifs is 1. The number of rotatable bonds is 6. The molecule has 6 nitrogen and oxygen atoms in total. The smallest absolute Gasteiger partial charge is 0.180 e. The van der Waals surface area contributed by atoms with Crippen molar-refractivity contribution in [1.82, 2.24) is 15.0 Å². The Morgan fingerprint density at radius 1 is 1.19 bits per heavy atom. The fourth-order valence-corrected chi connectivity index (χ4v) is 2.09. The molecule has 0 radical (unpaired) electrons. The van der Waals surface area contributed by atoms with Crippen molar-refractivity contribution < 1.29 is 9.15 Å². The van der Waals surface area contributed by atoms with Crippen molar-refractivity contribution in [3.05, 3.63) is 48.7 Å². The van der Waals surface area contributed by atoms with Gasteiger partial charge in [-0.05, 0) is 24.3 Å². The van der Waals surface area contributed by atoms with Crippen LogP contribution in [0.25, 0.3) is 11.2 Å². The number of pyridine rings is 1. The van der Waals surface area contributed by atoms with Crippen LogP contribution < -0.4 is 4.90 Å². The first-order valence-electron chi connectivity index (χ1n) is 6.71. The van der Waals surface area contributed by atoms with Crippen molar-refractivity contribution in [3.8, 4) is 0 Å². The van der Waals surface area contributed by atoms with Crippen LogP contribution in [0, 0.1) is 0 Å². The molecule has 6 heteroatoms. The summed E-state index contributed by atoms with van der Waals surface area (Å²) in [6, 6.07) is 7.69. The van der Waals surface area contributed by atoms with Crippen molar-refractivity contribution in [2.75, 3.05) is 25.2 Å². The molecule has 0 unspecified atom stereocenters. The Balaban J connectivity index is 1.89. The molecule has 3 aromatic heterocycles. The van der Waals surface area contributed by atoms with E-state index in [2.05, 4.69) is 19.9 Å². The molecule has 3 aromatic rings. The fourth-order valence-electron chi connectivity index (χ4n) is 2.09. The normalized spacial score (nSPS) is 10.9. The Bertz CT molecular complexity index is 700. The van der Waals surface area contributed by atoms with E-state index < -0.39 is 0 Å². The highest BCUT2D eigenvalue weighted by Crippen LogP contribution is 2.17. The second kappa shape index (κ2) is 6.32. The van der Waals surface area contributed by atoms with E-state index in [1.54, 1.807) is 25.8 Å². The zero-order chi connectivity index (χ0) is 14.5. The van der Waals surface area contributed by atoms with Gasteiger partial charge in [-0.2, -0.15) is 0 Å². The number of anilines is 1. The van der Waals surface area contributed by atoms with E-state index in [-0.39, 0.29) is 0 Å². The highest BCUT2D eigenvalue weighted by molar-refractivity contribution is 5.71. The van der Waals surface area contributed by atoms with Gasteiger partial charge in [0.2, 0.25) is 0 Å². The Hall–Kier alpha value is -2.47. The second-order valence-corrected chi connectivity index (χ2v) is 4.56. The van der Waals surface area contributed by atoms with Crippen LogP contribution in [0.5, 0.6) is 0 Å². The van der Waals surface area contributed by atoms with E-state index in [1.165, 1.54) is 0 Å². The van der Waals surface area contributed by atoms with Crippen molar-refractivity contribution in [3.63, 3.8) is 0 Å². The zero-order valence-corrected chi connectivity index (χ0v) is 11.8. The van der Waals surface area contributed by atoms with E-state index >= 15 is 0 Å². The van der Waals surface area contributed by atoms with Crippen LogP contribution in [-0.2, 0) is 11.3 Å². The lowest BCUT2D eigenvalue weighted by molar-refractivity contribution is 0.204. The number of nitrogens with zero attached hydrogens (tertiary/aromatic N) is 4. The van der Waals surface area contributed by atoms with Gasteiger partial charge in [0.15, 0.2) is 5.65 Å². The molecule has 108 valence electrons. The Morgan fingerprint density at radius 3 is 2.90 bits per heavy atom. The number of aromatic nitrogens is 3. The molecule has 0 aliphatic carbocycles. The molecular formula is C15H16N4O2. The van der Waals surface area contributed by atoms with Crippen LogP contribution in [0.3, 0.4) is 0 Å². The average molecular weight is 284 g/mol. The summed E-state index contributed by atoms with van der Waals surface area (Å²) in [5.74, 6) is 1.71. The molecule has 3 heterocycles. The summed E-state index contributed by atoms with van der Waals surface area (Å²) in [6.45, 7) is 1.96. The van der Waals surface area contributed by atoms with Crippen molar-refractivity contribution in [2.45, 2.75) is 6.54 Å². The molecule has 0 aromatic carbocycles. The summed E-state index contributed by atoms with van der Waals surface area (Å²) in [5.41, 5.74) is 1.42. The van der Waals surface area contributed by atoms with E-state index in [0.717, 1.165) is 23.6 Å². The first kappa shape index (κ1) is 13.5. The lowest BCUT2D eigenvalue weighted by atomic mass is 10.3. The van der Waals surface area contributed by atoms with Gasteiger partial charge in [-0.1, -0.05) is 0 Å². The molecule has 21 heavy (non-hydrogen) atoms. The summed E-state index contributed by atoms with van der Waals surface area (Å²) >= 11 is 0. The van der Waals surface area contributed by atoms with E-state index in [4.69, 9.17) is 9.15 Å². The molecule has 0 fully saturated rings. The Morgan fingerprint density at radius 2 is 2.10 bits per heavy atom. The minimum atomic E-state index is 0.612. The van der Waals surface area contributed by atoms with Crippen molar-refractivity contribution in [2.24, 2.45) is 0 Å². The van der Waals surface area contributed by atoms with E-state index in [9.17, 15) is 0 Å². The molecule has 0 N–H and O–H groups in total. The first-order valence-corrected chi connectivity index (χ1v) is 6.71. The summed E-state index contributed by atoms with van der Waals surface area (Å²) in [5, 5.41) is 0. The van der Waals surface area contributed by atoms with Crippen LogP contribution in [-0.4, -0.2) is 35.2 Å². The van der Waals surface area contributed by atoms with Gasteiger partial charge in [-0.25, -0.2) is 9.97 Å². The fraction of sp³-hybridized carbons (Fsp3) is 0.267. The molecule has 0 spiro atoms. The molecule has 0 bridgehead atoms. The van der Waals surface area contributed by atoms with Gasteiger partial charge >= 0.3 is 0 Å². The maximum atomic E-state index is 5.41. The highest BCUT2D eigenvalue weighted by Gasteiger charge is 2.11. The van der Waals surface area contributed by atoms with Gasteiger partial charge in [0, 0.05) is 26.0 Å². The maximum absolute atomic E-state index is 5.41. The minimum absolute atomic E-state index is 0.612. The lowest BCUT2D eigenvalue weighted by Gasteiger charge is -2.22. The van der Waals surface area contributed by atoms with Gasteiger partial charge in [0.05, 0.1) is 19.4 Å². The molecule has 0 amide bonds. The van der Waals surface area contributed by atoms with Crippen LogP contribution in [0.15, 0.2) is 47.3 Å². The van der Waals surface area contributed by atoms with E-state index in [1.807, 2.05) is 24.3 Å². The predicted molar refractivity (Wildman–Crippen MR) is 79.0 cm³/mol. The third-order valence-corrected chi connectivity index (χ3v) is 3.13. The Kier molecular flexibility index (Phi) is 4.07. The molecule has 0 atom stereocenters. The summed E-state index contributed by atoms with van der Waals surface area (Å²) < 4.78 is 10.6. The summed E-state index contributed by atoms with van der Waals surface area (Å²) in [6.07, 6.45) is 4.98. The quantitative estimate of drug-likeness (QED) is 0.692. The van der Waals surface area contributed by atoms with E-state index in [0.29, 0.717) is 18.8 Å². The van der Waals surface area contributed by atoms with Crippen LogP contribution in [0.4, 0.5) is 5.82 Å². The van der Waals surface area contributed by atoms with Crippen LogP contribution >= 0.6 is 0 Å². The topological polar surface area (TPSA) is 64.3 Å². The number of hydrogen-bond acceptors (Lipinski definition) is 6. The SMILES string of the molecule is COCCN(Cc1ccco1)c1ccc2nccnc2n1. The van der Waals surface area contributed by atoms with Crippen molar-refractivity contribution >= 4 is 17.0 Å². The number of hydrogen-bond donors (Lipinski definition) is 0. The van der Waals surface area contributed by atoms with Gasteiger partial charge in [0.25, 0.3) is 0 Å². The monoisotopic (exact) mass is 284 g/mol. The van der Waals surface area contributed by atoms with Gasteiger partial charge < -0.3 is 14.1 Å². The summed E-state index contributed by atoms with van der Waals surface area (Å²) in [7, 11) is 1.68. The zero-order valence-electron chi connectivity index (χ0n) is 11.8. The second-order valence-electron chi connectivity index (χ2n) is 4.56. The number of methoxy groups -OCH3 is 1.